The number of nitrogens with zero attached hydrogens (tertiary/aromatic N) is 2. The molecule has 0 spiro atoms. The lowest BCUT2D eigenvalue weighted by atomic mass is 9.91. The number of urea groups is 1. The Hall–Kier alpha value is -1.30. The molecule has 0 saturated carbocycles. The fourth-order valence-electron chi connectivity index (χ4n) is 3.83. The van der Waals surface area contributed by atoms with Crippen molar-refractivity contribution in [3.63, 3.8) is 0 Å². The van der Waals surface area contributed by atoms with Crippen LogP contribution in [0.4, 0.5) is 4.79 Å². The SMILES string of the molecule is CCC1CCCN(C(C)(C)CNC(=O)N2CCCC(C(=O)O)C2)C1. The van der Waals surface area contributed by atoms with Crippen molar-refractivity contribution in [1.82, 2.24) is 15.1 Å². The molecule has 138 valence electrons. The normalized spacial score (nSPS) is 26.2. The number of amides is 2. The van der Waals surface area contributed by atoms with Crippen LogP contribution >= 0.6 is 0 Å². The largest absolute Gasteiger partial charge is 0.481 e. The number of carboxylic acids is 1. The fraction of sp³-hybridized carbons (Fsp3) is 0.889. The first-order valence-electron chi connectivity index (χ1n) is 9.34. The van der Waals surface area contributed by atoms with Gasteiger partial charge in [-0.3, -0.25) is 9.69 Å². The van der Waals surface area contributed by atoms with Crippen LogP contribution in [0.25, 0.3) is 0 Å². The maximum absolute atomic E-state index is 12.4. The summed E-state index contributed by atoms with van der Waals surface area (Å²) in [6, 6.07) is -0.127. The Morgan fingerprint density at radius 1 is 1.17 bits per heavy atom. The van der Waals surface area contributed by atoms with E-state index in [4.69, 9.17) is 5.11 Å². The van der Waals surface area contributed by atoms with Gasteiger partial charge in [0.15, 0.2) is 0 Å². The van der Waals surface area contributed by atoms with Gasteiger partial charge in [0, 0.05) is 31.7 Å². The Kier molecular flexibility index (Phi) is 6.49. The molecule has 2 amide bonds. The lowest BCUT2D eigenvalue weighted by Crippen LogP contribution is -2.57. The zero-order valence-electron chi connectivity index (χ0n) is 15.4. The molecule has 24 heavy (non-hydrogen) atoms. The highest BCUT2D eigenvalue weighted by Crippen LogP contribution is 2.25. The quantitative estimate of drug-likeness (QED) is 0.807. The summed E-state index contributed by atoms with van der Waals surface area (Å²) < 4.78 is 0. The first kappa shape index (κ1) is 19.0. The zero-order valence-corrected chi connectivity index (χ0v) is 15.4. The topological polar surface area (TPSA) is 72.9 Å². The third-order valence-electron chi connectivity index (χ3n) is 5.68. The minimum atomic E-state index is -0.799. The molecule has 2 unspecified atom stereocenters. The summed E-state index contributed by atoms with van der Waals surface area (Å²) in [6.07, 6.45) is 5.17. The number of hydrogen-bond acceptors (Lipinski definition) is 3. The number of likely N-dealkylation sites (tertiary alicyclic amines) is 2. The van der Waals surface area contributed by atoms with Gasteiger partial charge in [-0.25, -0.2) is 4.79 Å². The minimum Gasteiger partial charge on any atom is -0.481 e. The molecule has 0 aromatic rings. The van der Waals surface area contributed by atoms with Gasteiger partial charge in [-0.2, -0.15) is 0 Å². The van der Waals surface area contributed by atoms with Crippen LogP contribution in [0.1, 0.15) is 52.9 Å². The van der Waals surface area contributed by atoms with Gasteiger partial charge >= 0.3 is 12.0 Å². The van der Waals surface area contributed by atoms with Crippen molar-refractivity contribution in [2.24, 2.45) is 11.8 Å². The van der Waals surface area contributed by atoms with Crippen LogP contribution < -0.4 is 5.32 Å². The van der Waals surface area contributed by atoms with Crippen molar-refractivity contribution in [2.45, 2.75) is 58.4 Å². The molecule has 2 aliphatic rings. The third-order valence-corrected chi connectivity index (χ3v) is 5.68. The lowest BCUT2D eigenvalue weighted by Gasteiger charge is -2.44. The molecule has 0 aromatic heterocycles. The van der Waals surface area contributed by atoms with E-state index < -0.39 is 11.9 Å². The van der Waals surface area contributed by atoms with Crippen molar-refractivity contribution < 1.29 is 14.7 Å². The molecule has 0 aliphatic carbocycles. The van der Waals surface area contributed by atoms with E-state index in [-0.39, 0.29) is 11.6 Å². The molecule has 2 rings (SSSR count). The first-order valence-corrected chi connectivity index (χ1v) is 9.34. The van der Waals surface area contributed by atoms with Crippen molar-refractivity contribution in [1.29, 1.82) is 0 Å². The Bertz CT molecular complexity index is 453. The van der Waals surface area contributed by atoms with Crippen LogP contribution in [0.2, 0.25) is 0 Å². The molecule has 0 bridgehead atoms. The van der Waals surface area contributed by atoms with E-state index in [9.17, 15) is 9.59 Å². The predicted molar refractivity (Wildman–Crippen MR) is 94.0 cm³/mol. The molecule has 2 fully saturated rings. The zero-order chi connectivity index (χ0) is 17.7. The highest BCUT2D eigenvalue weighted by Gasteiger charge is 2.33. The molecule has 2 aliphatic heterocycles. The summed E-state index contributed by atoms with van der Waals surface area (Å²) in [5.41, 5.74) is -0.0779. The monoisotopic (exact) mass is 339 g/mol. The van der Waals surface area contributed by atoms with Crippen molar-refractivity contribution in [2.75, 3.05) is 32.7 Å². The Morgan fingerprint density at radius 3 is 2.54 bits per heavy atom. The van der Waals surface area contributed by atoms with Crippen LogP contribution in [0.3, 0.4) is 0 Å². The van der Waals surface area contributed by atoms with E-state index in [0.29, 0.717) is 26.1 Å². The molecule has 2 atom stereocenters. The molecule has 0 radical (unpaired) electrons. The Morgan fingerprint density at radius 2 is 1.88 bits per heavy atom. The number of carboxylic acid groups (broad SMARTS) is 1. The van der Waals surface area contributed by atoms with E-state index in [1.54, 1.807) is 4.90 Å². The van der Waals surface area contributed by atoms with Gasteiger partial charge in [-0.15, -0.1) is 0 Å². The summed E-state index contributed by atoms with van der Waals surface area (Å²) in [5.74, 6) is -0.469. The van der Waals surface area contributed by atoms with Crippen LogP contribution in [0, 0.1) is 11.8 Å². The van der Waals surface area contributed by atoms with Crippen LogP contribution in [-0.2, 0) is 4.79 Å². The molecule has 2 heterocycles. The Balaban J connectivity index is 1.84. The van der Waals surface area contributed by atoms with E-state index in [0.717, 1.165) is 25.4 Å². The fourth-order valence-corrected chi connectivity index (χ4v) is 3.83. The summed E-state index contributed by atoms with van der Waals surface area (Å²) in [6.45, 7) is 10.4. The van der Waals surface area contributed by atoms with Crippen LogP contribution in [-0.4, -0.2) is 65.2 Å². The summed E-state index contributed by atoms with van der Waals surface area (Å²) >= 11 is 0. The van der Waals surface area contributed by atoms with E-state index in [2.05, 4.69) is 31.0 Å². The third kappa shape index (κ3) is 4.85. The predicted octanol–water partition coefficient (Wildman–Crippen LogP) is 2.39. The summed E-state index contributed by atoms with van der Waals surface area (Å²) in [4.78, 5) is 27.7. The molecule has 6 nitrogen and oxygen atoms in total. The van der Waals surface area contributed by atoms with E-state index in [1.807, 2.05) is 0 Å². The molecular weight excluding hydrogens is 306 g/mol. The number of piperidine rings is 2. The second-order valence-corrected chi connectivity index (χ2v) is 7.96. The van der Waals surface area contributed by atoms with Crippen molar-refractivity contribution >= 4 is 12.0 Å². The number of nitrogens with one attached hydrogen (secondary N) is 1. The maximum Gasteiger partial charge on any atom is 0.317 e. The number of carbonyl (C=O) groups excluding carboxylic acids is 1. The second kappa shape index (κ2) is 8.19. The Labute approximate surface area is 145 Å². The van der Waals surface area contributed by atoms with Crippen LogP contribution in [0.5, 0.6) is 0 Å². The van der Waals surface area contributed by atoms with Gasteiger partial charge < -0.3 is 15.3 Å². The van der Waals surface area contributed by atoms with Gasteiger partial charge in [0.2, 0.25) is 0 Å². The smallest absolute Gasteiger partial charge is 0.317 e. The molecule has 2 saturated heterocycles. The van der Waals surface area contributed by atoms with Gasteiger partial charge in [-0.1, -0.05) is 13.3 Å². The second-order valence-electron chi connectivity index (χ2n) is 7.96. The lowest BCUT2D eigenvalue weighted by molar-refractivity contribution is -0.143. The summed E-state index contributed by atoms with van der Waals surface area (Å²) in [5, 5.41) is 12.2. The standard InChI is InChI=1S/C18H33N3O3/c1-4-14-7-5-10-21(11-14)18(2,3)13-19-17(24)20-9-6-8-15(12-20)16(22)23/h14-15H,4-13H2,1-3H3,(H,19,24)(H,22,23). The average molecular weight is 339 g/mol. The van der Waals surface area contributed by atoms with Gasteiger partial charge in [0.1, 0.15) is 0 Å². The molecular formula is C18H33N3O3. The average Bonchev–Trinajstić information content (AvgIpc) is 2.59. The number of carbonyl (C=O) groups is 2. The van der Waals surface area contributed by atoms with Crippen molar-refractivity contribution in [3.8, 4) is 0 Å². The van der Waals surface area contributed by atoms with E-state index in [1.165, 1.54) is 19.3 Å². The van der Waals surface area contributed by atoms with Crippen LogP contribution in [0.15, 0.2) is 0 Å². The first-order chi connectivity index (χ1) is 11.3. The van der Waals surface area contributed by atoms with E-state index >= 15 is 0 Å². The number of rotatable bonds is 5. The van der Waals surface area contributed by atoms with Gasteiger partial charge in [0.05, 0.1) is 5.92 Å². The molecule has 6 heteroatoms. The summed E-state index contributed by atoms with van der Waals surface area (Å²) in [7, 11) is 0. The minimum absolute atomic E-state index is 0.0779. The maximum atomic E-state index is 12.4. The number of aliphatic carboxylic acids is 1. The van der Waals surface area contributed by atoms with Crippen molar-refractivity contribution in [3.05, 3.63) is 0 Å². The van der Waals surface area contributed by atoms with Gasteiger partial charge in [0.25, 0.3) is 0 Å². The molecule has 0 aromatic carbocycles. The molecule has 2 N–H and O–H groups in total. The highest BCUT2D eigenvalue weighted by atomic mass is 16.4. The van der Waals surface area contributed by atoms with Gasteiger partial charge in [-0.05, 0) is 52.0 Å². The number of hydrogen-bond donors (Lipinski definition) is 2. The highest BCUT2D eigenvalue weighted by molar-refractivity contribution is 5.76.